The van der Waals surface area contributed by atoms with E-state index in [4.69, 9.17) is 0 Å². The van der Waals surface area contributed by atoms with Crippen LogP contribution in [0.15, 0.2) is 17.1 Å². The Balaban J connectivity index is 2.86. The molecule has 0 amide bonds. The Labute approximate surface area is 88.0 Å². The third kappa shape index (κ3) is 1.46. The second-order valence-electron chi connectivity index (χ2n) is 3.89. The number of H-pyrrole nitrogens is 1. The highest BCUT2D eigenvalue weighted by Gasteiger charge is 2.13. The third-order valence-electron chi connectivity index (χ3n) is 2.52. The van der Waals surface area contributed by atoms with Crippen molar-refractivity contribution in [3.63, 3.8) is 0 Å². The summed E-state index contributed by atoms with van der Waals surface area (Å²) in [6.45, 7) is 6.25. The van der Waals surface area contributed by atoms with Crippen LogP contribution in [0.3, 0.4) is 0 Å². The molecule has 0 spiro atoms. The van der Waals surface area contributed by atoms with E-state index >= 15 is 0 Å². The minimum absolute atomic E-state index is 0.110. The Morgan fingerprint density at radius 1 is 1.53 bits per heavy atom. The molecule has 0 aliphatic carbocycles. The molecule has 1 N–H and O–H groups in total. The van der Waals surface area contributed by atoms with Crippen molar-refractivity contribution in [3.05, 3.63) is 28.4 Å². The zero-order chi connectivity index (χ0) is 11.0. The van der Waals surface area contributed by atoms with Crippen LogP contribution in [0.25, 0.3) is 11.0 Å². The molecule has 0 aliphatic heterocycles. The standard InChI is InChI=1S/C11H15N3O/c1-4-9-13-10-8(14(9)7(2)3)5-6-12-11(10)15/h5-7H,4H2,1-3H3,(H,12,15). The SMILES string of the molecule is CCc1nc2c(=O)[nH]ccc2n1C(C)C. The van der Waals surface area contributed by atoms with Crippen LogP contribution in [-0.4, -0.2) is 14.5 Å². The molecule has 2 aromatic rings. The third-order valence-corrected chi connectivity index (χ3v) is 2.52. The van der Waals surface area contributed by atoms with Gasteiger partial charge in [-0.25, -0.2) is 4.98 Å². The molecular formula is C11H15N3O. The van der Waals surface area contributed by atoms with E-state index in [1.54, 1.807) is 6.20 Å². The first kappa shape index (κ1) is 9.96. The predicted octanol–water partition coefficient (Wildman–Crippen LogP) is 1.87. The van der Waals surface area contributed by atoms with E-state index in [9.17, 15) is 4.79 Å². The van der Waals surface area contributed by atoms with Crippen LogP contribution >= 0.6 is 0 Å². The lowest BCUT2D eigenvalue weighted by molar-refractivity contribution is 0.588. The molecule has 2 rings (SSSR count). The van der Waals surface area contributed by atoms with Crippen LogP contribution in [0.4, 0.5) is 0 Å². The second kappa shape index (κ2) is 3.53. The van der Waals surface area contributed by atoms with Crippen molar-refractivity contribution in [2.24, 2.45) is 0 Å². The monoisotopic (exact) mass is 205 g/mol. The largest absolute Gasteiger partial charge is 0.327 e. The average Bonchev–Trinajstić information content (AvgIpc) is 2.57. The van der Waals surface area contributed by atoms with Gasteiger partial charge < -0.3 is 9.55 Å². The topological polar surface area (TPSA) is 50.7 Å². The molecule has 0 aromatic carbocycles. The summed E-state index contributed by atoms with van der Waals surface area (Å²) in [6.07, 6.45) is 2.51. The lowest BCUT2D eigenvalue weighted by Gasteiger charge is -2.11. The number of pyridine rings is 1. The van der Waals surface area contributed by atoms with Gasteiger partial charge in [0, 0.05) is 18.7 Å². The van der Waals surface area contributed by atoms with Crippen LogP contribution in [0.5, 0.6) is 0 Å². The smallest absolute Gasteiger partial charge is 0.276 e. The highest BCUT2D eigenvalue weighted by molar-refractivity contribution is 5.74. The molecule has 0 unspecified atom stereocenters. The molecule has 4 heteroatoms. The Hall–Kier alpha value is -1.58. The number of nitrogens with zero attached hydrogens (tertiary/aromatic N) is 2. The maximum Gasteiger partial charge on any atom is 0.276 e. The van der Waals surface area contributed by atoms with E-state index in [1.807, 2.05) is 13.0 Å². The van der Waals surface area contributed by atoms with Crippen molar-refractivity contribution < 1.29 is 0 Å². The number of aryl methyl sites for hydroxylation is 1. The molecular weight excluding hydrogens is 190 g/mol. The van der Waals surface area contributed by atoms with Gasteiger partial charge in [0.2, 0.25) is 0 Å². The van der Waals surface area contributed by atoms with Gasteiger partial charge in [-0.3, -0.25) is 4.79 Å². The zero-order valence-electron chi connectivity index (χ0n) is 9.24. The van der Waals surface area contributed by atoms with Crippen LogP contribution < -0.4 is 5.56 Å². The minimum Gasteiger partial charge on any atom is -0.327 e. The lowest BCUT2D eigenvalue weighted by atomic mass is 10.3. The van der Waals surface area contributed by atoms with Crippen LogP contribution in [0, 0.1) is 0 Å². The molecule has 0 aliphatic rings. The summed E-state index contributed by atoms with van der Waals surface area (Å²) in [4.78, 5) is 18.6. The molecule has 0 saturated heterocycles. The fourth-order valence-corrected chi connectivity index (χ4v) is 1.91. The zero-order valence-corrected chi connectivity index (χ0v) is 9.24. The first-order valence-corrected chi connectivity index (χ1v) is 5.23. The predicted molar refractivity (Wildman–Crippen MR) is 60.1 cm³/mol. The molecule has 2 aromatic heterocycles. The first-order chi connectivity index (χ1) is 7.15. The summed E-state index contributed by atoms with van der Waals surface area (Å²) in [7, 11) is 0. The highest BCUT2D eigenvalue weighted by Crippen LogP contribution is 2.18. The first-order valence-electron chi connectivity index (χ1n) is 5.23. The van der Waals surface area contributed by atoms with Crippen molar-refractivity contribution >= 4 is 11.0 Å². The maximum atomic E-state index is 11.6. The van der Waals surface area contributed by atoms with E-state index in [2.05, 4.69) is 28.4 Å². The molecule has 15 heavy (non-hydrogen) atoms. The maximum absolute atomic E-state index is 11.6. The molecule has 0 fully saturated rings. The number of hydrogen-bond donors (Lipinski definition) is 1. The van der Waals surface area contributed by atoms with Gasteiger partial charge in [0.25, 0.3) is 5.56 Å². The van der Waals surface area contributed by atoms with Gasteiger partial charge in [-0.2, -0.15) is 0 Å². The van der Waals surface area contributed by atoms with Crippen molar-refractivity contribution in [2.45, 2.75) is 33.2 Å². The van der Waals surface area contributed by atoms with Gasteiger partial charge in [0.15, 0.2) is 5.52 Å². The van der Waals surface area contributed by atoms with Gasteiger partial charge in [-0.05, 0) is 19.9 Å². The molecule has 4 nitrogen and oxygen atoms in total. The van der Waals surface area contributed by atoms with E-state index in [0.29, 0.717) is 11.6 Å². The summed E-state index contributed by atoms with van der Waals surface area (Å²) in [5.41, 5.74) is 1.36. The Morgan fingerprint density at radius 2 is 2.27 bits per heavy atom. The summed E-state index contributed by atoms with van der Waals surface area (Å²) < 4.78 is 2.12. The van der Waals surface area contributed by atoms with E-state index in [-0.39, 0.29) is 5.56 Å². The second-order valence-corrected chi connectivity index (χ2v) is 3.89. The van der Waals surface area contributed by atoms with E-state index in [1.165, 1.54) is 0 Å². The summed E-state index contributed by atoms with van der Waals surface area (Å²) in [6, 6.07) is 2.23. The van der Waals surface area contributed by atoms with Crippen molar-refractivity contribution in [1.82, 2.24) is 14.5 Å². The van der Waals surface area contributed by atoms with E-state index in [0.717, 1.165) is 17.8 Å². The highest BCUT2D eigenvalue weighted by atomic mass is 16.1. The van der Waals surface area contributed by atoms with Gasteiger partial charge >= 0.3 is 0 Å². The Bertz CT molecular complexity index is 536. The number of nitrogens with one attached hydrogen (secondary N) is 1. The Kier molecular flexibility index (Phi) is 2.34. The summed E-state index contributed by atoms with van der Waals surface area (Å²) in [5, 5.41) is 0. The van der Waals surface area contributed by atoms with Crippen molar-refractivity contribution in [3.8, 4) is 0 Å². The minimum atomic E-state index is -0.110. The van der Waals surface area contributed by atoms with Crippen LogP contribution in [-0.2, 0) is 6.42 Å². The number of imidazole rings is 1. The lowest BCUT2D eigenvalue weighted by Crippen LogP contribution is -2.07. The number of fused-ring (bicyclic) bond motifs is 1. The number of hydrogen-bond acceptors (Lipinski definition) is 2. The van der Waals surface area contributed by atoms with Gasteiger partial charge in [0.05, 0.1) is 5.52 Å². The fraction of sp³-hybridized carbons (Fsp3) is 0.455. The average molecular weight is 205 g/mol. The Morgan fingerprint density at radius 3 is 2.87 bits per heavy atom. The van der Waals surface area contributed by atoms with Gasteiger partial charge in [-0.1, -0.05) is 6.92 Å². The van der Waals surface area contributed by atoms with Gasteiger partial charge in [0.1, 0.15) is 5.82 Å². The summed E-state index contributed by atoms with van der Waals surface area (Å²) >= 11 is 0. The molecule has 2 heterocycles. The number of rotatable bonds is 2. The van der Waals surface area contributed by atoms with E-state index < -0.39 is 0 Å². The van der Waals surface area contributed by atoms with Gasteiger partial charge in [-0.15, -0.1) is 0 Å². The number of aromatic amines is 1. The van der Waals surface area contributed by atoms with Crippen LogP contribution in [0.2, 0.25) is 0 Å². The van der Waals surface area contributed by atoms with Crippen molar-refractivity contribution in [1.29, 1.82) is 0 Å². The van der Waals surface area contributed by atoms with Crippen LogP contribution in [0.1, 0.15) is 32.6 Å². The number of aromatic nitrogens is 3. The molecule has 0 bridgehead atoms. The summed E-state index contributed by atoms with van der Waals surface area (Å²) in [5.74, 6) is 0.969. The molecule has 0 radical (unpaired) electrons. The fourth-order valence-electron chi connectivity index (χ4n) is 1.91. The molecule has 80 valence electrons. The quantitative estimate of drug-likeness (QED) is 0.813. The normalized spacial score (nSPS) is 11.5. The molecule has 0 atom stereocenters. The van der Waals surface area contributed by atoms with Crippen molar-refractivity contribution in [2.75, 3.05) is 0 Å². The molecule has 0 saturated carbocycles.